The van der Waals surface area contributed by atoms with E-state index in [0.29, 0.717) is 0 Å². The van der Waals surface area contributed by atoms with Crippen molar-refractivity contribution >= 4 is 5.82 Å². The van der Waals surface area contributed by atoms with E-state index in [1.54, 1.807) is 0 Å². The van der Waals surface area contributed by atoms with E-state index in [-0.39, 0.29) is 0 Å². The van der Waals surface area contributed by atoms with Gasteiger partial charge in [0.2, 0.25) is 0 Å². The molecule has 0 bridgehead atoms. The Labute approximate surface area is 130 Å². The van der Waals surface area contributed by atoms with Crippen molar-refractivity contribution in [1.82, 2.24) is 4.98 Å². The Morgan fingerprint density at radius 3 is 2.23 bits per heavy atom. The molecule has 1 aliphatic rings. The van der Waals surface area contributed by atoms with Gasteiger partial charge in [-0.2, -0.15) is 0 Å². The van der Waals surface area contributed by atoms with Crippen LogP contribution in [-0.4, -0.2) is 11.5 Å². The molecule has 0 amide bonds. The summed E-state index contributed by atoms with van der Waals surface area (Å²) in [5, 5.41) is 3.47. The highest BCUT2D eigenvalue weighted by Crippen LogP contribution is 2.34. The van der Waals surface area contributed by atoms with Crippen molar-refractivity contribution in [1.29, 1.82) is 0 Å². The lowest BCUT2D eigenvalue weighted by Gasteiger charge is -2.21. The quantitative estimate of drug-likeness (QED) is 0.733. The average Bonchev–Trinajstić information content (AvgIpc) is 2.62. The number of nitrogens with zero attached hydrogens (tertiary/aromatic N) is 1. The van der Waals surface area contributed by atoms with Crippen molar-refractivity contribution in [2.75, 3.05) is 11.9 Å². The van der Waals surface area contributed by atoms with Crippen LogP contribution in [-0.2, 0) is 6.42 Å². The molecule has 2 aromatic carbocycles. The molecule has 0 unspecified atom stereocenters. The Hall–Kier alpha value is -2.61. The monoisotopic (exact) mass is 286 g/mol. The molecule has 0 radical (unpaired) electrons. The zero-order valence-electron chi connectivity index (χ0n) is 12.4. The number of rotatable bonds is 2. The largest absolute Gasteiger partial charge is 0.370 e. The van der Waals surface area contributed by atoms with Gasteiger partial charge in [0, 0.05) is 17.7 Å². The summed E-state index contributed by atoms with van der Waals surface area (Å²) in [7, 11) is 0. The lowest BCUT2D eigenvalue weighted by molar-refractivity contribution is 0.820. The molecule has 108 valence electrons. The third kappa shape index (κ3) is 2.37. The molecule has 0 aliphatic carbocycles. The van der Waals surface area contributed by atoms with Crippen LogP contribution in [0.25, 0.3) is 22.4 Å². The second-order valence-corrected chi connectivity index (χ2v) is 5.64. The van der Waals surface area contributed by atoms with Gasteiger partial charge in [-0.15, -0.1) is 0 Å². The van der Waals surface area contributed by atoms with E-state index >= 15 is 0 Å². The van der Waals surface area contributed by atoms with Crippen LogP contribution in [0.15, 0.2) is 66.7 Å². The Kier molecular flexibility index (Phi) is 3.36. The molecular formula is C20H18N2. The normalized spacial score (nSPS) is 13.3. The molecule has 2 heterocycles. The summed E-state index contributed by atoms with van der Waals surface area (Å²) in [6.07, 6.45) is 2.26. The number of pyridine rings is 1. The first kappa shape index (κ1) is 13.1. The molecule has 1 aliphatic heterocycles. The van der Waals surface area contributed by atoms with Gasteiger partial charge in [0.25, 0.3) is 0 Å². The van der Waals surface area contributed by atoms with E-state index in [4.69, 9.17) is 4.98 Å². The Bertz CT molecular complexity index is 780. The first-order valence-electron chi connectivity index (χ1n) is 7.80. The van der Waals surface area contributed by atoms with Crippen molar-refractivity contribution in [3.63, 3.8) is 0 Å². The fourth-order valence-electron chi connectivity index (χ4n) is 3.07. The molecule has 2 heteroatoms. The molecule has 0 saturated heterocycles. The van der Waals surface area contributed by atoms with Crippen LogP contribution in [0.1, 0.15) is 12.0 Å². The van der Waals surface area contributed by atoms with Gasteiger partial charge in [0.1, 0.15) is 5.82 Å². The fraction of sp³-hybridized carbons (Fsp3) is 0.150. The number of aromatic nitrogens is 1. The molecule has 1 N–H and O–H groups in total. The van der Waals surface area contributed by atoms with E-state index in [9.17, 15) is 0 Å². The second kappa shape index (κ2) is 5.64. The summed E-state index contributed by atoms with van der Waals surface area (Å²) in [5.41, 5.74) is 6.11. The van der Waals surface area contributed by atoms with E-state index in [0.717, 1.165) is 30.0 Å². The minimum absolute atomic E-state index is 1.01. The number of nitrogens with one attached hydrogen (secondary N) is 1. The summed E-state index contributed by atoms with van der Waals surface area (Å²) >= 11 is 0. The summed E-state index contributed by atoms with van der Waals surface area (Å²) in [6.45, 7) is 1.01. The van der Waals surface area contributed by atoms with Crippen LogP contribution in [0.2, 0.25) is 0 Å². The lowest BCUT2D eigenvalue weighted by atomic mass is 9.94. The SMILES string of the molecule is c1ccc(-c2cc(-c3ccccc3)c3c(n2)NCCC3)cc1. The standard InChI is InChI=1S/C20H18N2/c1-3-8-15(9-4-1)18-14-19(16-10-5-2-6-11-16)22-20-17(18)12-7-13-21-20/h1-6,8-11,14H,7,12-13H2,(H,21,22). The Morgan fingerprint density at radius 1 is 0.818 bits per heavy atom. The average molecular weight is 286 g/mol. The highest BCUT2D eigenvalue weighted by Gasteiger charge is 2.17. The van der Waals surface area contributed by atoms with Gasteiger partial charge in [-0.05, 0) is 30.0 Å². The number of fused-ring (bicyclic) bond motifs is 1. The molecule has 2 nitrogen and oxygen atoms in total. The van der Waals surface area contributed by atoms with Crippen LogP contribution in [0.4, 0.5) is 5.82 Å². The third-order valence-electron chi connectivity index (χ3n) is 4.17. The molecule has 3 aromatic rings. The number of hydrogen-bond acceptors (Lipinski definition) is 2. The Morgan fingerprint density at radius 2 is 1.50 bits per heavy atom. The molecule has 4 rings (SSSR count). The second-order valence-electron chi connectivity index (χ2n) is 5.64. The van der Waals surface area contributed by atoms with Crippen LogP contribution < -0.4 is 5.32 Å². The van der Waals surface area contributed by atoms with E-state index in [1.165, 1.54) is 23.1 Å². The number of benzene rings is 2. The molecule has 0 spiro atoms. The molecule has 0 atom stereocenters. The number of hydrogen-bond donors (Lipinski definition) is 1. The van der Waals surface area contributed by atoms with Crippen LogP contribution in [0, 0.1) is 0 Å². The maximum absolute atomic E-state index is 4.86. The highest BCUT2D eigenvalue weighted by molar-refractivity contribution is 5.78. The van der Waals surface area contributed by atoms with Crippen LogP contribution >= 0.6 is 0 Å². The van der Waals surface area contributed by atoms with Gasteiger partial charge in [-0.3, -0.25) is 0 Å². The van der Waals surface area contributed by atoms with Crippen LogP contribution in [0.3, 0.4) is 0 Å². The van der Waals surface area contributed by atoms with E-state index in [1.807, 2.05) is 6.07 Å². The van der Waals surface area contributed by atoms with Gasteiger partial charge in [-0.25, -0.2) is 4.98 Å². The smallest absolute Gasteiger partial charge is 0.130 e. The summed E-state index contributed by atoms with van der Waals surface area (Å²) in [6, 6.07) is 23.2. The zero-order chi connectivity index (χ0) is 14.8. The Balaban J connectivity index is 1.92. The van der Waals surface area contributed by atoms with Gasteiger partial charge < -0.3 is 5.32 Å². The predicted molar refractivity (Wildman–Crippen MR) is 91.9 cm³/mol. The minimum Gasteiger partial charge on any atom is -0.370 e. The molecule has 22 heavy (non-hydrogen) atoms. The van der Waals surface area contributed by atoms with Crippen LogP contribution in [0.5, 0.6) is 0 Å². The van der Waals surface area contributed by atoms with Gasteiger partial charge in [0.05, 0.1) is 5.69 Å². The maximum atomic E-state index is 4.86. The topological polar surface area (TPSA) is 24.9 Å². The van der Waals surface area contributed by atoms with Crippen molar-refractivity contribution in [2.24, 2.45) is 0 Å². The molecular weight excluding hydrogens is 268 g/mol. The molecule has 1 aromatic heterocycles. The van der Waals surface area contributed by atoms with Gasteiger partial charge >= 0.3 is 0 Å². The number of anilines is 1. The molecule has 0 saturated carbocycles. The first-order valence-corrected chi connectivity index (χ1v) is 7.80. The molecule has 0 fully saturated rings. The van der Waals surface area contributed by atoms with E-state index < -0.39 is 0 Å². The maximum Gasteiger partial charge on any atom is 0.130 e. The zero-order valence-corrected chi connectivity index (χ0v) is 12.4. The summed E-state index contributed by atoms with van der Waals surface area (Å²) in [4.78, 5) is 4.86. The van der Waals surface area contributed by atoms with Crippen molar-refractivity contribution in [2.45, 2.75) is 12.8 Å². The summed E-state index contributed by atoms with van der Waals surface area (Å²) in [5.74, 6) is 1.05. The first-order chi connectivity index (χ1) is 10.9. The van der Waals surface area contributed by atoms with E-state index in [2.05, 4.69) is 66.0 Å². The van der Waals surface area contributed by atoms with Crippen molar-refractivity contribution in [3.05, 3.63) is 72.3 Å². The van der Waals surface area contributed by atoms with Gasteiger partial charge in [0.15, 0.2) is 0 Å². The van der Waals surface area contributed by atoms with Crippen molar-refractivity contribution < 1.29 is 0 Å². The highest BCUT2D eigenvalue weighted by atomic mass is 15.0. The van der Waals surface area contributed by atoms with Crippen molar-refractivity contribution in [3.8, 4) is 22.4 Å². The minimum atomic E-state index is 1.01. The third-order valence-corrected chi connectivity index (χ3v) is 4.17. The lowest BCUT2D eigenvalue weighted by Crippen LogP contribution is -2.14. The fourth-order valence-corrected chi connectivity index (χ4v) is 3.07. The summed E-state index contributed by atoms with van der Waals surface area (Å²) < 4.78 is 0. The predicted octanol–water partition coefficient (Wildman–Crippen LogP) is 4.77. The van der Waals surface area contributed by atoms with Gasteiger partial charge in [-0.1, -0.05) is 60.7 Å².